The Balaban J connectivity index is 2.25. The molecule has 1 heterocycles. The predicted octanol–water partition coefficient (Wildman–Crippen LogP) is 2.14. The standard InChI is InChI=1S/C17H22N2O3S/c1-13-5-2-3-6-14(13)16(15-7-4-12-23-15)18-17(22)19(8-10-20)9-11-21/h2-7,12,16,20-21H,8-11H2,1H3,(H,18,22)/t16-/m0/s1. The first kappa shape index (κ1) is 17.5. The van der Waals surface area contributed by atoms with Gasteiger partial charge in [0, 0.05) is 18.0 Å². The van der Waals surface area contributed by atoms with Crippen LogP contribution in [0.3, 0.4) is 0 Å². The van der Waals surface area contributed by atoms with E-state index in [1.165, 1.54) is 4.90 Å². The number of nitrogens with zero attached hydrogens (tertiary/aromatic N) is 1. The van der Waals surface area contributed by atoms with E-state index in [-0.39, 0.29) is 38.4 Å². The normalized spacial score (nSPS) is 12.0. The molecule has 3 N–H and O–H groups in total. The van der Waals surface area contributed by atoms with Crippen molar-refractivity contribution in [1.29, 1.82) is 0 Å². The Hall–Kier alpha value is -1.89. The summed E-state index contributed by atoms with van der Waals surface area (Å²) in [6.07, 6.45) is 0. The van der Waals surface area contributed by atoms with Gasteiger partial charge >= 0.3 is 6.03 Å². The molecule has 2 amide bonds. The smallest absolute Gasteiger partial charge is 0.318 e. The second-order valence-corrected chi connectivity index (χ2v) is 6.17. The molecule has 0 radical (unpaired) electrons. The first-order valence-electron chi connectivity index (χ1n) is 7.53. The topological polar surface area (TPSA) is 72.8 Å². The first-order valence-corrected chi connectivity index (χ1v) is 8.41. The van der Waals surface area contributed by atoms with E-state index in [0.29, 0.717) is 0 Å². The van der Waals surface area contributed by atoms with E-state index < -0.39 is 0 Å². The third kappa shape index (κ3) is 4.54. The molecule has 2 aromatic rings. The van der Waals surface area contributed by atoms with Crippen molar-refractivity contribution in [3.05, 3.63) is 57.8 Å². The van der Waals surface area contributed by atoms with Crippen LogP contribution in [0.15, 0.2) is 41.8 Å². The number of hydrogen-bond acceptors (Lipinski definition) is 4. The summed E-state index contributed by atoms with van der Waals surface area (Å²) in [5.41, 5.74) is 2.14. The highest BCUT2D eigenvalue weighted by Gasteiger charge is 2.22. The Morgan fingerprint density at radius 1 is 1.17 bits per heavy atom. The van der Waals surface area contributed by atoms with Crippen molar-refractivity contribution in [2.45, 2.75) is 13.0 Å². The van der Waals surface area contributed by atoms with Gasteiger partial charge in [-0.3, -0.25) is 0 Å². The lowest BCUT2D eigenvalue weighted by Crippen LogP contribution is -2.44. The van der Waals surface area contributed by atoms with Crippen LogP contribution in [0.2, 0.25) is 0 Å². The van der Waals surface area contributed by atoms with Gasteiger partial charge in [-0.05, 0) is 29.5 Å². The van der Waals surface area contributed by atoms with Gasteiger partial charge in [0.1, 0.15) is 0 Å². The molecular formula is C17H22N2O3S. The fourth-order valence-corrected chi connectivity index (χ4v) is 3.23. The summed E-state index contributed by atoms with van der Waals surface area (Å²) in [5, 5.41) is 23.2. The highest BCUT2D eigenvalue weighted by Crippen LogP contribution is 2.28. The van der Waals surface area contributed by atoms with Crippen LogP contribution in [0.1, 0.15) is 22.0 Å². The van der Waals surface area contributed by atoms with Crippen molar-refractivity contribution >= 4 is 17.4 Å². The molecule has 0 spiro atoms. The molecule has 1 aromatic heterocycles. The average Bonchev–Trinajstić information content (AvgIpc) is 3.07. The van der Waals surface area contributed by atoms with E-state index >= 15 is 0 Å². The Kier molecular flexibility index (Phi) is 6.58. The van der Waals surface area contributed by atoms with Gasteiger partial charge in [0.25, 0.3) is 0 Å². The molecule has 0 bridgehead atoms. The van der Waals surface area contributed by atoms with Gasteiger partial charge in [0.05, 0.1) is 19.3 Å². The zero-order valence-corrected chi connectivity index (χ0v) is 13.9. The summed E-state index contributed by atoms with van der Waals surface area (Å²) in [7, 11) is 0. The number of urea groups is 1. The molecule has 23 heavy (non-hydrogen) atoms. The van der Waals surface area contributed by atoms with Crippen LogP contribution in [-0.4, -0.2) is 47.4 Å². The van der Waals surface area contributed by atoms with Crippen LogP contribution in [-0.2, 0) is 0 Å². The number of carbonyl (C=O) groups excluding carboxylic acids is 1. The molecule has 5 nitrogen and oxygen atoms in total. The minimum atomic E-state index is -0.297. The number of aliphatic hydroxyl groups is 2. The minimum absolute atomic E-state index is 0.137. The molecule has 124 valence electrons. The summed E-state index contributed by atoms with van der Waals surface area (Å²) >= 11 is 1.58. The SMILES string of the molecule is Cc1ccccc1[C@H](NC(=O)N(CCO)CCO)c1cccs1. The van der Waals surface area contributed by atoms with Crippen molar-refractivity contribution in [1.82, 2.24) is 10.2 Å². The maximum atomic E-state index is 12.5. The molecule has 6 heteroatoms. The second-order valence-electron chi connectivity index (χ2n) is 5.19. The van der Waals surface area contributed by atoms with E-state index in [1.54, 1.807) is 11.3 Å². The Morgan fingerprint density at radius 2 is 1.87 bits per heavy atom. The summed E-state index contributed by atoms with van der Waals surface area (Å²) < 4.78 is 0. The minimum Gasteiger partial charge on any atom is -0.395 e. The van der Waals surface area contributed by atoms with E-state index in [0.717, 1.165) is 16.0 Å². The maximum Gasteiger partial charge on any atom is 0.318 e. The molecule has 2 rings (SSSR count). The largest absolute Gasteiger partial charge is 0.395 e. The van der Waals surface area contributed by atoms with Gasteiger partial charge in [0.15, 0.2) is 0 Å². The molecule has 0 saturated carbocycles. The molecule has 0 aliphatic carbocycles. The lowest BCUT2D eigenvalue weighted by atomic mass is 10.00. The van der Waals surface area contributed by atoms with Crippen LogP contribution >= 0.6 is 11.3 Å². The van der Waals surface area contributed by atoms with Crippen molar-refractivity contribution in [2.24, 2.45) is 0 Å². The van der Waals surface area contributed by atoms with E-state index in [9.17, 15) is 4.79 Å². The molecule has 0 saturated heterocycles. The highest BCUT2D eigenvalue weighted by molar-refractivity contribution is 7.10. The van der Waals surface area contributed by atoms with Gasteiger partial charge in [-0.1, -0.05) is 30.3 Å². The van der Waals surface area contributed by atoms with E-state index in [4.69, 9.17) is 10.2 Å². The molecule has 1 atom stereocenters. The molecular weight excluding hydrogens is 312 g/mol. The summed E-state index contributed by atoms with van der Waals surface area (Å²) in [4.78, 5) is 15.0. The van der Waals surface area contributed by atoms with Crippen molar-refractivity contribution in [2.75, 3.05) is 26.3 Å². The van der Waals surface area contributed by atoms with Gasteiger partial charge in [-0.25, -0.2) is 4.79 Å². The molecule has 0 unspecified atom stereocenters. The lowest BCUT2D eigenvalue weighted by molar-refractivity contribution is 0.157. The number of rotatable bonds is 7. The zero-order chi connectivity index (χ0) is 16.7. The number of amides is 2. The van der Waals surface area contributed by atoms with E-state index in [1.807, 2.05) is 48.7 Å². The Labute approximate surface area is 140 Å². The number of aliphatic hydroxyl groups excluding tert-OH is 2. The second kappa shape index (κ2) is 8.67. The monoisotopic (exact) mass is 334 g/mol. The number of carbonyl (C=O) groups is 1. The van der Waals surface area contributed by atoms with Crippen LogP contribution in [0.5, 0.6) is 0 Å². The highest BCUT2D eigenvalue weighted by atomic mass is 32.1. The van der Waals surface area contributed by atoms with Crippen molar-refractivity contribution in [3.63, 3.8) is 0 Å². The molecule has 0 aliphatic heterocycles. The van der Waals surface area contributed by atoms with E-state index in [2.05, 4.69) is 5.32 Å². The summed E-state index contributed by atoms with van der Waals surface area (Å²) in [5.74, 6) is 0. The molecule has 0 aliphatic rings. The number of benzene rings is 1. The number of thiophene rings is 1. The maximum absolute atomic E-state index is 12.5. The van der Waals surface area contributed by atoms with Crippen LogP contribution < -0.4 is 5.32 Å². The number of hydrogen-bond donors (Lipinski definition) is 3. The molecule has 1 aromatic carbocycles. The zero-order valence-electron chi connectivity index (χ0n) is 13.1. The van der Waals surface area contributed by atoms with Crippen molar-refractivity contribution < 1.29 is 15.0 Å². The fraction of sp³-hybridized carbons (Fsp3) is 0.353. The third-order valence-corrected chi connectivity index (χ3v) is 4.56. The quantitative estimate of drug-likeness (QED) is 0.726. The van der Waals surface area contributed by atoms with Crippen LogP contribution in [0, 0.1) is 6.92 Å². The van der Waals surface area contributed by atoms with Gasteiger partial charge in [-0.15, -0.1) is 11.3 Å². The predicted molar refractivity (Wildman–Crippen MR) is 91.6 cm³/mol. The van der Waals surface area contributed by atoms with Crippen LogP contribution in [0.4, 0.5) is 4.79 Å². The number of aryl methyl sites for hydroxylation is 1. The van der Waals surface area contributed by atoms with Gasteiger partial charge in [0.2, 0.25) is 0 Å². The fourth-order valence-electron chi connectivity index (χ4n) is 2.44. The average molecular weight is 334 g/mol. The molecule has 0 fully saturated rings. The van der Waals surface area contributed by atoms with Gasteiger partial charge in [-0.2, -0.15) is 0 Å². The van der Waals surface area contributed by atoms with Crippen LogP contribution in [0.25, 0.3) is 0 Å². The Morgan fingerprint density at radius 3 is 2.43 bits per heavy atom. The van der Waals surface area contributed by atoms with Crippen molar-refractivity contribution in [3.8, 4) is 0 Å². The summed E-state index contributed by atoms with van der Waals surface area (Å²) in [6, 6.07) is 11.3. The van der Waals surface area contributed by atoms with Gasteiger partial charge < -0.3 is 20.4 Å². The number of nitrogens with one attached hydrogen (secondary N) is 1. The summed E-state index contributed by atoms with van der Waals surface area (Å²) in [6.45, 7) is 2.12. The lowest BCUT2D eigenvalue weighted by Gasteiger charge is -2.26. The Bertz CT molecular complexity index is 610. The first-order chi connectivity index (χ1) is 11.2. The third-order valence-electron chi connectivity index (χ3n) is 3.62.